The fraction of sp³-hybridized carbons (Fsp3) is 0.143. The van der Waals surface area contributed by atoms with Crippen molar-refractivity contribution in [3.05, 3.63) is 65.6 Å². The van der Waals surface area contributed by atoms with Crippen molar-refractivity contribution >= 4 is 6.03 Å². The molecule has 22 heavy (non-hydrogen) atoms. The second-order valence-corrected chi connectivity index (χ2v) is 4.45. The Bertz CT molecular complexity index is 767. The van der Waals surface area contributed by atoms with E-state index in [9.17, 15) is 9.59 Å². The molecule has 0 unspecified atom stereocenters. The topological polar surface area (TPSA) is 94.9 Å². The van der Waals surface area contributed by atoms with Gasteiger partial charge in [-0.3, -0.25) is 13.9 Å². The van der Waals surface area contributed by atoms with Gasteiger partial charge in [0.15, 0.2) is 5.75 Å². The standard InChI is InChI=1S/C7H6N4O.C7H9NO2/c12-7(10-3-1-8-5-10)11-4-2-9-6-11;1-5-7(10)6(9)3-4-8(5)2/h1-6H;3-4,10H,1-2H3. The molecular formula is C14H15N5O3. The molecule has 114 valence electrons. The van der Waals surface area contributed by atoms with Gasteiger partial charge in [0.1, 0.15) is 12.7 Å². The highest BCUT2D eigenvalue weighted by Crippen LogP contribution is 2.06. The molecule has 0 aromatic carbocycles. The number of carbonyl (C=O) groups excluding carboxylic acids is 1. The SMILES string of the molecule is Cc1c(O)c(=O)ccn1C.O=C(n1ccnc1)n1ccnc1. The van der Waals surface area contributed by atoms with Crippen LogP contribution in [0.5, 0.6) is 5.75 Å². The van der Waals surface area contributed by atoms with E-state index in [1.807, 2.05) is 0 Å². The smallest absolute Gasteiger partial charge is 0.338 e. The lowest BCUT2D eigenvalue weighted by Gasteiger charge is -2.02. The average Bonchev–Trinajstić information content (AvgIpc) is 3.22. The van der Waals surface area contributed by atoms with Crippen LogP contribution < -0.4 is 5.43 Å². The molecule has 3 heterocycles. The van der Waals surface area contributed by atoms with E-state index in [-0.39, 0.29) is 17.2 Å². The van der Waals surface area contributed by atoms with Gasteiger partial charge >= 0.3 is 6.03 Å². The van der Waals surface area contributed by atoms with Crippen LogP contribution >= 0.6 is 0 Å². The Morgan fingerprint density at radius 1 is 1.09 bits per heavy atom. The quantitative estimate of drug-likeness (QED) is 0.668. The Hall–Kier alpha value is -3.16. The molecule has 3 rings (SSSR count). The molecule has 0 amide bonds. The van der Waals surface area contributed by atoms with Crippen LogP contribution in [0.4, 0.5) is 4.79 Å². The lowest BCUT2D eigenvalue weighted by Crippen LogP contribution is -2.15. The van der Waals surface area contributed by atoms with Crippen LogP contribution in [-0.2, 0) is 7.05 Å². The first-order chi connectivity index (χ1) is 10.5. The molecule has 0 bridgehead atoms. The van der Waals surface area contributed by atoms with Crippen molar-refractivity contribution < 1.29 is 9.90 Å². The Labute approximate surface area is 125 Å². The summed E-state index contributed by atoms with van der Waals surface area (Å²) in [6.45, 7) is 1.69. The van der Waals surface area contributed by atoms with Gasteiger partial charge < -0.3 is 9.67 Å². The highest BCUT2D eigenvalue weighted by molar-refractivity contribution is 5.78. The highest BCUT2D eigenvalue weighted by atomic mass is 16.3. The van der Waals surface area contributed by atoms with Gasteiger partial charge in [-0.2, -0.15) is 0 Å². The van der Waals surface area contributed by atoms with Crippen LogP contribution in [0, 0.1) is 6.92 Å². The van der Waals surface area contributed by atoms with Crippen molar-refractivity contribution in [2.24, 2.45) is 7.05 Å². The Kier molecular flexibility index (Phi) is 4.52. The Morgan fingerprint density at radius 3 is 2.05 bits per heavy atom. The minimum Gasteiger partial charge on any atom is -0.503 e. The Morgan fingerprint density at radius 2 is 1.64 bits per heavy atom. The summed E-state index contributed by atoms with van der Waals surface area (Å²) in [5.41, 5.74) is 0.267. The van der Waals surface area contributed by atoms with Gasteiger partial charge in [0, 0.05) is 44.1 Å². The number of nitrogens with zero attached hydrogens (tertiary/aromatic N) is 5. The first-order valence-electron chi connectivity index (χ1n) is 6.36. The zero-order valence-corrected chi connectivity index (χ0v) is 12.1. The fourth-order valence-electron chi connectivity index (χ4n) is 1.59. The number of carbonyl (C=O) groups is 1. The van der Waals surface area contributed by atoms with E-state index in [1.165, 1.54) is 27.9 Å². The maximum absolute atomic E-state index is 11.4. The summed E-state index contributed by atoms with van der Waals surface area (Å²) in [6.07, 6.45) is 10.8. The maximum Gasteiger partial charge on any atom is 0.338 e. The van der Waals surface area contributed by atoms with Crippen molar-refractivity contribution in [2.45, 2.75) is 6.92 Å². The summed E-state index contributed by atoms with van der Waals surface area (Å²) in [6, 6.07) is 1.15. The Balaban J connectivity index is 0.000000164. The molecule has 0 aliphatic heterocycles. The van der Waals surface area contributed by atoms with Crippen LogP contribution in [0.15, 0.2) is 54.5 Å². The second kappa shape index (κ2) is 6.53. The zero-order valence-electron chi connectivity index (χ0n) is 12.1. The van der Waals surface area contributed by atoms with Crippen LogP contribution in [0.3, 0.4) is 0 Å². The van der Waals surface area contributed by atoms with E-state index < -0.39 is 0 Å². The molecule has 0 fully saturated rings. The number of aromatic nitrogens is 5. The predicted molar refractivity (Wildman–Crippen MR) is 78.7 cm³/mol. The summed E-state index contributed by atoms with van der Waals surface area (Å²) in [4.78, 5) is 29.7. The van der Waals surface area contributed by atoms with Gasteiger partial charge in [0.25, 0.3) is 0 Å². The van der Waals surface area contributed by atoms with E-state index in [1.54, 1.807) is 49.5 Å². The molecule has 8 nitrogen and oxygen atoms in total. The van der Waals surface area contributed by atoms with Crippen molar-refractivity contribution in [1.29, 1.82) is 0 Å². The number of hydrogen-bond acceptors (Lipinski definition) is 5. The first-order valence-corrected chi connectivity index (χ1v) is 6.36. The van der Waals surface area contributed by atoms with Gasteiger partial charge in [-0.1, -0.05) is 0 Å². The van der Waals surface area contributed by atoms with Gasteiger partial charge in [0.2, 0.25) is 5.43 Å². The first kappa shape index (κ1) is 15.2. The number of pyridine rings is 1. The van der Waals surface area contributed by atoms with Crippen LogP contribution in [-0.4, -0.2) is 34.8 Å². The molecule has 0 aliphatic carbocycles. The summed E-state index contributed by atoms with van der Waals surface area (Å²) in [5.74, 6) is -0.162. The summed E-state index contributed by atoms with van der Waals surface area (Å²) >= 11 is 0. The molecular weight excluding hydrogens is 286 g/mol. The molecule has 0 atom stereocenters. The van der Waals surface area contributed by atoms with Crippen molar-refractivity contribution in [3.8, 4) is 5.75 Å². The predicted octanol–water partition coefficient (Wildman–Crippen LogP) is 0.995. The molecule has 0 saturated carbocycles. The zero-order chi connectivity index (χ0) is 16.1. The summed E-state index contributed by atoms with van der Waals surface area (Å²) < 4.78 is 4.44. The molecule has 3 aromatic heterocycles. The van der Waals surface area contributed by atoms with E-state index in [4.69, 9.17) is 5.11 Å². The third-order valence-corrected chi connectivity index (χ3v) is 3.01. The minimum absolute atomic E-state index is 0.162. The average molecular weight is 301 g/mol. The lowest BCUT2D eigenvalue weighted by atomic mass is 10.3. The molecule has 0 spiro atoms. The van der Waals surface area contributed by atoms with Gasteiger partial charge in [0.05, 0.1) is 5.69 Å². The van der Waals surface area contributed by atoms with Crippen LogP contribution in [0.1, 0.15) is 5.69 Å². The monoisotopic (exact) mass is 301 g/mol. The van der Waals surface area contributed by atoms with Gasteiger partial charge in [-0.25, -0.2) is 14.8 Å². The molecule has 8 heteroatoms. The molecule has 1 N–H and O–H groups in total. The lowest BCUT2D eigenvalue weighted by molar-refractivity contribution is 0.244. The van der Waals surface area contributed by atoms with E-state index in [2.05, 4.69) is 9.97 Å². The number of rotatable bonds is 0. The fourth-order valence-corrected chi connectivity index (χ4v) is 1.59. The maximum atomic E-state index is 11.4. The molecule has 0 radical (unpaired) electrons. The molecule has 3 aromatic rings. The van der Waals surface area contributed by atoms with Gasteiger partial charge in [-0.15, -0.1) is 0 Å². The summed E-state index contributed by atoms with van der Waals surface area (Å²) in [5, 5.41) is 9.05. The number of imidazole rings is 2. The van der Waals surface area contributed by atoms with E-state index in [0.717, 1.165) is 0 Å². The van der Waals surface area contributed by atoms with Crippen molar-refractivity contribution in [3.63, 3.8) is 0 Å². The molecule has 0 aliphatic rings. The van der Waals surface area contributed by atoms with Gasteiger partial charge in [-0.05, 0) is 6.92 Å². The number of hydrogen-bond donors (Lipinski definition) is 1. The third kappa shape index (κ3) is 3.29. The normalized spacial score (nSPS) is 9.91. The second-order valence-electron chi connectivity index (χ2n) is 4.45. The number of aromatic hydroxyl groups is 1. The molecule has 0 saturated heterocycles. The van der Waals surface area contributed by atoms with E-state index >= 15 is 0 Å². The van der Waals surface area contributed by atoms with E-state index in [0.29, 0.717) is 5.69 Å². The summed E-state index contributed by atoms with van der Waals surface area (Å²) in [7, 11) is 1.77. The highest BCUT2D eigenvalue weighted by Gasteiger charge is 2.03. The third-order valence-electron chi connectivity index (χ3n) is 3.01. The van der Waals surface area contributed by atoms with Crippen molar-refractivity contribution in [1.82, 2.24) is 23.7 Å². The number of aryl methyl sites for hydroxylation is 1. The van der Waals surface area contributed by atoms with Crippen LogP contribution in [0.2, 0.25) is 0 Å². The van der Waals surface area contributed by atoms with Crippen molar-refractivity contribution in [2.75, 3.05) is 0 Å². The minimum atomic E-state index is -0.324. The van der Waals surface area contributed by atoms with Crippen LogP contribution in [0.25, 0.3) is 0 Å². The largest absolute Gasteiger partial charge is 0.503 e.